The maximum atomic E-state index is 13.0. The summed E-state index contributed by atoms with van der Waals surface area (Å²) < 4.78 is 38.9. The Hall–Kier alpha value is -2.40. The molecule has 1 N–H and O–H groups in total. The third kappa shape index (κ3) is 3.82. The molecule has 0 aliphatic rings. The molecule has 130 valence electrons. The van der Waals surface area contributed by atoms with E-state index in [1.807, 2.05) is 31.2 Å². The molecule has 0 aliphatic heterocycles. The first-order valence-corrected chi connectivity index (χ1v) is 8.07. The smallest absolute Gasteiger partial charge is 0.396 e. The first-order valence-electron chi connectivity index (χ1n) is 8.07. The summed E-state index contributed by atoms with van der Waals surface area (Å²) in [6.45, 7) is 2.00. The zero-order chi connectivity index (χ0) is 18.0. The summed E-state index contributed by atoms with van der Waals surface area (Å²) in [6.07, 6.45) is -3.29. The summed E-state index contributed by atoms with van der Waals surface area (Å²) in [5.41, 5.74) is 3.45. The summed E-state index contributed by atoms with van der Waals surface area (Å²) in [5, 5.41) is 9.59. The largest absolute Gasteiger partial charge is 0.416 e. The number of fused-ring (bicyclic) bond motifs is 1. The van der Waals surface area contributed by atoms with Gasteiger partial charge in [-0.15, -0.1) is 0 Å². The van der Waals surface area contributed by atoms with Crippen LogP contribution in [0, 0.1) is 6.92 Å². The molecule has 0 amide bonds. The lowest BCUT2D eigenvalue weighted by Gasteiger charge is -2.13. The van der Waals surface area contributed by atoms with Gasteiger partial charge in [-0.05, 0) is 55.7 Å². The minimum absolute atomic E-state index is 0.0217. The summed E-state index contributed by atoms with van der Waals surface area (Å²) in [5.74, 6) is 0. The van der Waals surface area contributed by atoms with Crippen LogP contribution >= 0.6 is 0 Å². The highest BCUT2D eigenvalue weighted by molar-refractivity contribution is 5.84. The second-order valence-corrected chi connectivity index (χ2v) is 6.10. The Morgan fingerprint density at radius 1 is 1.04 bits per heavy atom. The number of aryl methyl sites for hydroxylation is 2. The first kappa shape index (κ1) is 17.4. The molecule has 0 atom stereocenters. The van der Waals surface area contributed by atoms with Crippen molar-refractivity contribution in [3.05, 3.63) is 65.2 Å². The van der Waals surface area contributed by atoms with Crippen molar-refractivity contribution >= 4 is 10.9 Å². The maximum Gasteiger partial charge on any atom is 0.416 e. The number of rotatable bonds is 4. The van der Waals surface area contributed by atoms with E-state index in [4.69, 9.17) is 5.11 Å². The van der Waals surface area contributed by atoms with Gasteiger partial charge in [-0.1, -0.05) is 23.8 Å². The maximum absolute atomic E-state index is 13.0. The first-order chi connectivity index (χ1) is 11.9. The van der Waals surface area contributed by atoms with Gasteiger partial charge in [0.25, 0.3) is 0 Å². The number of aromatic nitrogens is 1. The van der Waals surface area contributed by atoms with Crippen LogP contribution in [0.25, 0.3) is 22.2 Å². The van der Waals surface area contributed by atoms with E-state index in [2.05, 4.69) is 4.98 Å². The number of hydrogen-bond donors (Lipinski definition) is 1. The minimum atomic E-state index is -4.38. The molecule has 1 aromatic heterocycles. The van der Waals surface area contributed by atoms with Crippen molar-refractivity contribution in [2.24, 2.45) is 0 Å². The van der Waals surface area contributed by atoms with Gasteiger partial charge in [0.2, 0.25) is 0 Å². The Kier molecular flexibility index (Phi) is 4.77. The molecule has 0 fully saturated rings. The lowest BCUT2D eigenvalue weighted by Crippen LogP contribution is -2.05. The molecule has 5 heteroatoms. The molecular formula is C20H18F3NO. The fraction of sp³-hybridized carbons (Fsp3) is 0.250. The lowest BCUT2D eigenvalue weighted by atomic mass is 9.98. The second-order valence-electron chi connectivity index (χ2n) is 6.10. The normalized spacial score (nSPS) is 11.9. The molecule has 25 heavy (non-hydrogen) atoms. The predicted octanol–water partition coefficient (Wildman–Crippen LogP) is 5.15. The molecular weight excluding hydrogens is 327 g/mol. The van der Waals surface area contributed by atoms with Gasteiger partial charge < -0.3 is 5.11 Å². The Morgan fingerprint density at radius 3 is 2.52 bits per heavy atom. The van der Waals surface area contributed by atoms with Crippen LogP contribution in [-0.4, -0.2) is 16.7 Å². The van der Waals surface area contributed by atoms with Gasteiger partial charge in [-0.2, -0.15) is 13.2 Å². The van der Waals surface area contributed by atoms with Gasteiger partial charge in [-0.3, -0.25) is 0 Å². The van der Waals surface area contributed by atoms with Crippen molar-refractivity contribution in [2.45, 2.75) is 25.9 Å². The number of aliphatic hydroxyl groups excluding tert-OH is 1. The van der Waals surface area contributed by atoms with Gasteiger partial charge >= 0.3 is 6.18 Å². The summed E-state index contributed by atoms with van der Waals surface area (Å²) in [7, 11) is 0. The Balaban J connectivity index is 2.18. The molecule has 1 heterocycles. The van der Waals surface area contributed by atoms with Crippen molar-refractivity contribution in [3.8, 4) is 11.3 Å². The molecule has 0 spiro atoms. The van der Waals surface area contributed by atoms with Crippen LogP contribution in [-0.2, 0) is 12.6 Å². The second kappa shape index (κ2) is 6.84. The number of hydrogen-bond acceptors (Lipinski definition) is 2. The average Bonchev–Trinajstić information content (AvgIpc) is 2.57. The fourth-order valence-corrected chi connectivity index (χ4v) is 2.90. The van der Waals surface area contributed by atoms with Crippen LogP contribution in [0.5, 0.6) is 0 Å². The monoisotopic (exact) mass is 345 g/mol. The molecule has 0 saturated heterocycles. The minimum Gasteiger partial charge on any atom is -0.396 e. The number of halogens is 3. The number of alkyl halides is 3. The Morgan fingerprint density at radius 2 is 1.84 bits per heavy atom. The van der Waals surface area contributed by atoms with Crippen LogP contribution in [0.2, 0.25) is 0 Å². The van der Waals surface area contributed by atoms with Crippen molar-refractivity contribution < 1.29 is 18.3 Å². The quantitative estimate of drug-likeness (QED) is 0.709. The molecule has 3 rings (SSSR count). The topological polar surface area (TPSA) is 33.1 Å². The molecule has 0 bridgehead atoms. The van der Waals surface area contributed by atoms with Crippen LogP contribution < -0.4 is 0 Å². The van der Waals surface area contributed by atoms with E-state index in [9.17, 15) is 13.2 Å². The zero-order valence-corrected chi connectivity index (χ0v) is 13.8. The number of benzene rings is 2. The van der Waals surface area contributed by atoms with Crippen molar-refractivity contribution in [1.29, 1.82) is 0 Å². The van der Waals surface area contributed by atoms with Crippen molar-refractivity contribution in [2.75, 3.05) is 6.61 Å². The lowest BCUT2D eigenvalue weighted by molar-refractivity contribution is -0.137. The molecule has 3 aromatic rings. The number of aliphatic hydroxyl groups is 1. The predicted molar refractivity (Wildman–Crippen MR) is 92.3 cm³/mol. The van der Waals surface area contributed by atoms with Crippen molar-refractivity contribution in [3.63, 3.8) is 0 Å². The SMILES string of the molecule is Cc1cccc(-c2nc3ccc(C(F)(F)F)cc3cc2CCCO)c1. The van der Waals surface area contributed by atoms with E-state index in [-0.39, 0.29) is 6.61 Å². The molecule has 2 nitrogen and oxygen atoms in total. The molecule has 0 unspecified atom stereocenters. The molecule has 0 aliphatic carbocycles. The van der Waals surface area contributed by atoms with E-state index in [1.165, 1.54) is 6.07 Å². The Bertz CT molecular complexity index is 903. The highest BCUT2D eigenvalue weighted by Crippen LogP contribution is 2.33. The average molecular weight is 345 g/mol. The summed E-state index contributed by atoms with van der Waals surface area (Å²) in [6, 6.07) is 13.2. The fourth-order valence-electron chi connectivity index (χ4n) is 2.90. The standard InChI is InChI=1S/C20H18F3NO/c1-13-4-2-5-14(10-13)19-15(6-3-9-25)11-16-12-17(20(21,22)23)7-8-18(16)24-19/h2,4-5,7-8,10-12,25H,3,6,9H2,1H3. The van der Waals surface area contributed by atoms with E-state index < -0.39 is 11.7 Å². The van der Waals surface area contributed by atoms with E-state index in [0.717, 1.165) is 34.5 Å². The highest BCUT2D eigenvalue weighted by Gasteiger charge is 2.30. The zero-order valence-electron chi connectivity index (χ0n) is 13.8. The number of nitrogens with zero attached hydrogens (tertiary/aromatic N) is 1. The van der Waals surface area contributed by atoms with Gasteiger partial charge in [0, 0.05) is 17.6 Å². The van der Waals surface area contributed by atoms with E-state index >= 15 is 0 Å². The van der Waals surface area contributed by atoms with E-state index in [0.29, 0.717) is 23.7 Å². The van der Waals surface area contributed by atoms with Crippen LogP contribution in [0.15, 0.2) is 48.5 Å². The summed E-state index contributed by atoms with van der Waals surface area (Å²) in [4.78, 5) is 4.61. The third-order valence-electron chi connectivity index (χ3n) is 4.12. The van der Waals surface area contributed by atoms with Crippen LogP contribution in [0.1, 0.15) is 23.1 Å². The van der Waals surface area contributed by atoms with Crippen LogP contribution in [0.3, 0.4) is 0 Å². The van der Waals surface area contributed by atoms with Gasteiger partial charge in [0.1, 0.15) is 0 Å². The number of pyridine rings is 1. The summed E-state index contributed by atoms with van der Waals surface area (Å²) >= 11 is 0. The van der Waals surface area contributed by atoms with Gasteiger partial charge in [0.15, 0.2) is 0 Å². The highest BCUT2D eigenvalue weighted by atomic mass is 19.4. The third-order valence-corrected chi connectivity index (χ3v) is 4.12. The molecule has 2 aromatic carbocycles. The van der Waals surface area contributed by atoms with Crippen LogP contribution in [0.4, 0.5) is 13.2 Å². The van der Waals surface area contributed by atoms with E-state index in [1.54, 1.807) is 6.07 Å². The molecule has 0 radical (unpaired) electrons. The van der Waals surface area contributed by atoms with Crippen molar-refractivity contribution in [1.82, 2.24) is 4.98 Å². The van der Waals surface area contributed by atoms with Gasteiger partial charge in [0.05, 0.1) is 16.8 Å². The van der Waals surface area contributed by atoms with Gasteiger partial charge in [-0.25, -0.2) is 4.98 Å². The molecule has 0 saturated carbocycles. The Labute approximate surface area is 144 Å².